The lowest BCUT2D eigenvalue weighted by Gasteiger charge is -2.38. The molecule has 6 fully saturated rings. The number of anilines is 3. The standard InChI is InChI=1S/C32H38N8O2S.C31H34FN7O2S.C31H35N7O3S/c1-5-26(41)38-13-15-39(16-14-38)31-25-17-21(2)27(24-8-6-7-22-18-33-36(4)28(22)24)30-29(25)40(32(42)34-31)23(20-43-30)19-37-11-9-35(3)10-12-37;1-4-25(40)37-10-12-38(13-11-37)30-24-14-19(2)26(23-7-5-6-20-15-33-35(3)27(20)23)29-28(24)39(31(41)34-30)22(18-42-29)17-36-9-8-21(32)16-36;1-4-25(39)36-8-10-37(11-9-36)30-24-16-20(2)26(23-7-5-6-21-17-32-34(3)27(21)23)29-28(24)38(31(40)33-30)22(19-42-29)18-35-12-14-41-15-13-35/h5-8,17-18,23H,1,9-16,19-20H2,2-4H3;4-7,14-15,21-22H,1,8-13,16-18H2,2-3H3;4-7,16-17,22H,1,8-15,18-19H2,2-3H3. The number of piperazine rings is 4. The molecule has 3 amide bonds. The van der Waals surface area contributed by atoms with E-state index in [2.05, 4.69) is 170 Å². The zero-order valence-electron chi connectivity index (χ0n) is 73.1. The molecular weight excluding hydrogens is 1660 g/mol. The number of thioether (sulfide) groups is 3. The highest BCUT2D eigenvalue weighted by Gasteiger charge is 2.39. The van der Waals surface area contributed by atoms with E-state index in [1.54, 1.807) is 26.5 Å². The van der Waals surface area contributed by atoms with E-state index in [0.29, 0.717) is 122 Å². The van der Waals surface area contributed by atoms with Crippen LogP contribution in [0.2, 0.25) is 0 Å². The van der Waals surface area contributed by atoms with Crippen molar-refractivity contribution in [1.82, 2.24) is 92.3 Å². The zero-order chi connectivity index (χ0) is 87.9. The maximum atomic E-state index is 14.1. The van der Waals surface area contributed by atoms with Crippen molar-refractivity contribution in [1.29, 1.82) is 0 Å². The number of carbonyl (C=O) groups is 3. The number of likely N-dealkylation sites (N-methyl/N-ethyl adjacent to an activating group) is 1. The molecule has 0 saturated carbocycles. The highest BCUT2D eigenvalue weighted by Crippen LogP contribution is 2.52. The Labute approximate surface area is 748 Å². The van der Waals surface area contributed by atoms with E-state index in [0.717, 1.165) is 213 Å². The summed E-state index contributed by atoms with van der Waals surface area (Å²) >= 11 is 5.49. The first-order valence-electron chi connectivity index (χ1n) is 44.1. The fourth-order valence-electron chi connectivity index (χ4n) is 20.6. The molecule has 0 N–H and O–H groups in total. The number of aryl methyl sites for hydroxylation is 6. The van der Waals surface area contributed by atoms with Gasteiger partial charge in [-0.05, 0) is 87.4 Å². The Morgan fingerprint density at radius 3 is 1.06 bits per heavy atom. The van der Waals surface area contributed by atoms with E-state index in [1.807, 2.05) is 91.0 Å². The molecule has 4 atom stereocenters. The fraction of sp³-hybridized carbons (Fsp3) is 0.426. The van der Waals surface area contributed by atoms with Gasteiger partial charge in [-0.1, -0.05) is 74.3 Å². The van der Waals surface area contributed by atoms with Crippen molar-refractivity contribution in [3.8, 4) is 33.4 Å². The van der Waals surface area contributed by atoms with Crippen LogP contribution >= 0.6 is 35.3 Å². The molecular formula is C94H107FN22O7S3. The first-order valence-corrected chi connectivity index (χ1v) is 47.0. The summed E-state index contributed by atoms with van der Waals surface area (Å²) in [6, 6.07) is 25.5. The van der Waals surface area contributed by atoms with Crippen LogP contribution in [-0.4, -0.2) is 304 Å². The number of carbonyl (C=O) groups excluding carboxylic acids is 3. The van der Waals surface area contributed by atoms with Gasteiger partial charge in [0.05, 0.1) is 83.0 Å². The average Bonchev–Trinajstić information content (AvgIpc) is 0.825. The summed E-state index contributed by atoms with van der Waals surface area (Å²) in [7, 11) is 8.09. The van der Waals surface area contributed by atoms with E-state index >= 15 is 0 Å². The number of halogens is 1. The Morgan fingerprint density at radius 1 is 0.425 bits per heavy atom. The first kappa shape index (κ1) is 85.4. The number of hydrogen-bond donors (Lipinski definition) is 0. The summed E-state index contributed by atoms with van der Waals surface area (Å²) in [4.78, 5) is 118. The number of fused-ring (bicyclic) bond motifs is 3. The predicted octanol–water partition coefficient (Wildman–Crippen LogP) is 9.84. The highest BCUT2D eigenvalue weighted by atomic mass is 32.2. The molecule has 127 heavy (non-hydrogen) atoms. The smallest absolute Gasteiger partial charge is 0.350 e. The van der Waals surface area contributed by atoms with Gasteiger partial charge in [0.2, 0.25) is 17.7 Å². The van der Waals surface area contributed by atoms with Crippen LogP contribution in [0.15, 0.2) is 158 Å². The molecule has 0 radical (unpaired) electrons. The molecule has 12 aromatic rings. The summed E-state index contributed by atoms with van der Waals surface area (Å²) in [6.45, 7) is 34.9. The molecule has 29 nitrogen and oxygen atoms in total. The van der Waals surface area contributed by atoms with Crippen LogP contribution < -0.4 is 31.8 Å². The normalized spacial score (nSPS) is 20.1. The first-order chi connectivity index (χ1) is 61.6. The van der Waals surface area contributed by atoms with Gasteiger partial charge in [-0.3, -0.25) is 56.8 Å². The Balaban J connectivity index is 0.000000124. The molecule has 9 aliphatic rings. The molecule has 0 bridgehead atoms. The Kier molecular flexibility index (Phi) is 23.9. The number of hydrogen-bond acceptors (Lipinski definition) is 23. The number of alkyl halides is 1. The van der Waals surface area contributed by atoms with E-state index in [4.69, 9.17) is 19.7 Å². The molecule has 21 rings (SSSR count). The summed E-state index contributed by atoms with van der Waals surface area (Å²) in [5, 5.41) is 19.8. The van der Waals surface area contributed by atoms with Crippen LogP contribution in [-0.2, 0) is 40.3 Å². The lowest BCUT2D eigenvalue weighted by atomic mass is 9.95. The maximum Gasteiger partial charge on any atom is 0.350 e. The van der Waals surface area contributed by atoms with E-state index in [9.17, 15) is 33.2 Å². The van der Waals surface area contributed by atoms with Gasteiger partial charge in [0.1, 0.15) is 23.6 Å². The Hall–Kier alpha value is -11.0. The molecule has 6 saturated heterocycles. The summed E-state index contributed by atoms with van der Waals surface area (Å²) in [6.07, 6.45) is 9.50. The maximum absolute atomic E-state index is 14.1. The van der Waals surface area contributed by atoms with Gasteiger partial charge in [-0.15, -0.1) is 35.3 Å². The van der Waals surface area contributed by atoms with Crippen LogP contribution in [0.4, 0.5) is 21.8 Å². The third kappa shape index (κ3) is 15.9. The highest BCUT2D eigenvalue weighted by molar-refractivity contribution is 8.00. The van der Waals surface area contributed by atoms with Crippen LogP contribution in [0.1, 0.15) is 41.2 Å². The lowest BCUT2D eigenvalue weighted by Crippen LogP contribution is -2.50. The van der Waals surface area contributed by atoms with Crippen molar-refractivity contribution >= 4 is 136 Å². The molecule has 6 aromatic carbocycles. The summed E-state index contributed by atoms with van der Waals surface area (Å²) in [5.74, 6) is 4.20. The third-order valence-electron chi connectivity index (χ3n) is 27.0. The zero-order valence-corrected chi connectivity index (χ0v) is 75.6. The summed E-state index contributed by atoms with van der Waals surface area (Å²) < 4.78 is 31.3. The second-order valence-electron chi connectivity index (χ2n) is 34.8. The second kappa shape index (κ2) is 35.5. The Morgan fingerprint density at radius 2 is 0.748 bits per heavy atom. The minimum Gasteiger partial charge on any atom is -0.379 e. The fourth-order valence-corrected chi connectivity index (χ4v) is 24.7. The second-order valence-corrected chi connectivity index (χ2v) is 37.9. The van der Waals surface area contributed by atoms with Crippen LogP contribution in [0.25, 0.3) is 98.8 Å². The van der Waals surface area contributed by atoms with Crippen LogP contribution in [0, 0.1) is 20.8 Å². The van der Waals surface area contributed by atoms with E-state index in [-0.39, 0.29) is 52.9 Å². The molecule has 33 heteroatoms. The third-order valence-corrected chi connectivity index (χ3v) is 30.7. The van der Waals surface area contributed by atoms with Gasteiger partial charge < -0.3 is 39.0 Å². The minimum atomic E-state index is -0.814. The summed E-state index contributed by atoms with van der Waals surface area (Å²) in [5.41, 5.74) is 15.5. The number of nitrogens with zero attached hydrogens (tertiary/aromatic N) is 22. The van der Waals surface area contributed by atoms with E-state index < -0.39 is 6.17 Å². The monoisotopic (exact) mass is 1770 g/mol. The van der Waals surface area contributed by atoms with Gasteiger partial charge >= 0.3 is 17.1 Å². The molecule has 0 aliphatic carbocycles. The van der Waals surface area contributed by atoms with Gasteiger partial charge in [-0.2, -0.15) is 30.2 Å². The topological polar surface area (TPSA) is 251 Å². The van der Waals surface area contributed by atoms with Gasteiger partial charge in [-0.25, -0.2) is 18.8 Å². The molecule has 4 unspecified atom stereocenters. The minimum absolute atomic E-state index is 0.00209. The average molecular weight is 1770 g/mol. The Bertz CT molecular complexity index is 6350. The molecule has 9 aliphatic heterocycles. The molecule has 660 valence electrons. The van der Waals surface area contributed by atoms with Crippen molar-refractivity contribution in [3.05, 3.63) is 177 Å². The van der Waals surface area contributed by atoms with Gasteiger partial charge in [0.25, 0.3) is 0 Å². The van der Waals surface area contributed by atoms with Crippen molar-refractivity contribution in [2.45, 2.75) is 66.2 Å². The van der Waals surface area contributed by atoms with E-state index in [1.165, 1.54) is 18.2 Å². The number of likely N-dealkylation sites (tertiary alicyclic amines) is 1. The SMILES string of the molecule is C=CC(=O)N1CCN(c2nc(=O)n3c4c(c(-c5cccc6cnn(C)c56)c(C)cc24)SCC3CN2CCC(F)C2)CC1.C=CC(=O)N1CCN(c2nc(=O)n3c4c(c(-c5cccc6cnn(C)c56)c(C)cc24)SCC3CN2CCN(C)CC2)CC1.C=CC(=O)N1CCN(c2nc(=O)n3c4c(c(-c5cccc6cnn(C)c56)c(C)cc24)SCC3CN2CCOCC2)CC1. The number of ether oxygens (including phenoxy) is 1. The van der Waals surface area contributed by atoms with Crippen molar-refractivity contribution < 1.29 is 23.5 Å². The van der Waals surface area contributed by atoms with Gasteiger partial charge in [0.15, 0.2) is 0 Å². The van der Waals surface area contributed by atoms with Gasteiger partial charge in [0, 0.05) is 269 Å². The van der Waals surface area contributed by atoms with Crippen LogP contribution in [0.5, 0.6) is 0 Å². The number of aromatic nitrogens is 12. The van der Waals surface area contributed by atoms with Crippen molar-refractivity contribution in [2.75, 3.05) is 203 Å². The quantitative estimate of drug-likeness (QED) is 0.0865. The largest absolute Gasteiger partial charge is 0.379 e. The number of rotatable bonds is 15. The number of para-hydroxylation sites is 3. The molecule has 6 aromatic heterocycles. The van der Waals surface area contributed by atoms with Crippen molar-refractivity contribution in [3.63, 3.8) is 0 Å². The predicted molar refractivity (Wildman–Crippen MR) is 505 cm³/mol. The van der Waals surface area contributed by atoms with Crippen molar-refractivity contribution in [2.24, 2.45) is 21.1 Å². The van der Waals surface area contributed by atoms with Crippen LogP contribution in [0.3, 0.4) is 0 Å². The number of amides is 3. The number of morpholine rings is 1. The lowest BCUT2D eigenvalue weighted by molar-refractivity contribution is -0.127. The number of benzene rings is 6. The molecule has 0 spiro atoms. The molecule has 15 heterocycles.